The molecule has 1 N–H and O–H groups in total. The molecule has 1 atom stereocenters. The minimum atomic E-state index is -0.0765. The van der Waals surface area contributed by atoms with Gasteiger partial charge in [-0.2, -0.15) is 11.8 Å². The zero-order valence-corrected chi connectivity index (χ0v) is 16.8. The van der Waals surface area contributed by atoms with Crippen LogP contribution >= 0.6 is 11.8 Å². The molecular formula is C22H26N4OS. The van der Waals surface area contributed by atoms with E-state index >= 15 is 0 Å². The lowest BCUT2D eigenvalue weighted by molar-refractivity contribution is -0.134. The van der Waals surface area contributed by atoms with Gasteiger partial charge in [-0.3, -0.25) is 4.79 Å². The van der Waals surface area contributed by atoms with Gasteiger partial charge in [0.05, 0.1) is 29.0 Å². The third-order valence-electron chi connectivity index (χ3n) is 6.35. The number of amides is 1. The number of hydrogen-bond acceptors (Lipinski definition) is 3. The molecule has 1 amide bonds. The van der Waals surface area contributed by atoms with Gasteiger partial charge in [0.25, 0.3) is 0 Å². The molecule has 2 aliphatic heterocycles. The molecular weight excluding hydrogens is 368 g/mol. The molecule has 2 fully saturated rings. The lowest BCUT2D eigenvalue weighted by Gasteiger charge is -2.39. The largest absolute Gasteiger partial charge is 0.348 e. The van der Waals surface area contributed by atoms with E-state index in [-0.39, 0.29) is 17.5 Å². The fraction of sp³-hybridized carbons (Fsp3) is 0.455. The van der Waals surface area contributed by atoms with Crippen LogP contribution in [0.25, 0.3) is 11.0 Å². The lowest BCUT2D eigenvalue weighted by Crippen LogP contribution is -2.43. The summed E-state index contributed by atoms with van der Waals surface area (Å²) in [5.74, 6) is 3.45. The lowest BCUT2D eigenvalue weighted by atomic mass is 9.87. The summed E-state index contributed by atoms with van der Waals surface area (Å²) in [5.41, 5.74) is 1.95. The molecule has 0 aliphatic carbocycles. The molecule has 5 rings (SSSR count). The van der Waals surface area contributed by atoms with Crippen LogP contribution in [0.5, 0.6) is 0 Å². The van der Waals surface area contributed by atoms with Gasteiger partial charge in [-0.25, -0.2) is 4.98 Å². The smallest absolute Gasteiger partial charge is 0.225 e. The van der Waals surface area contributed by atoms with Gasteiger partial charge in [-0.15, -0.1) is 0 Å². The minimum absolute atomic E-state index is 0.0691. The van der Waals surface area contributed by atoms with Crippen LogP contribution < -0.4 is 0 Å². The van der Waals surface area contributed by atoms with Gasteiger partial charge in [-0.05, 0) is 61.5 Å². The van der Waals surface area contributed by atoms with Crippen LogP contribution in [0.1, 0.15) is 44.0 Å². The van der Waals surface area contributed by atoms with Crippen LogP contribution in [0, 0.1) is 0 Å². The first-order valence-corrected chi connectivity index (χ1v) is 11.4. The maximum Gasteiger partial charge on any atom is 0.225 e. The van der Waals surface area contributed by atoms with E-state index in [0.29, 0.717) is 6.42 Å². The molecule has 2 aliphatic rings. The van der Waals surface area contributed by atoms with Gasteiger partial charge < -0.3 is 14.5 Å². The first-order valence-electron chi connectivity index (χ1n) is 10.2. The number of carbonyl (C=O) groups is 1. The van der Waals surface area contributed by atoms with Crippen molar-refractivity contribution in [1.82, 2.24) is 19.4 Å². The van der Waals surface area contributed by atoms with Crippen molar-refractivity contribution in [3.63, 3.8) is 0 Å². The number of aromatic amines is 1. The molecule has 0 radical (unpaired) electrons. The van der Waals surface area contributed by atoms with E-state index in [4.69, 9.17) is 4.98 Å². The highest BCUT2D eigenvalue weighted by atomic mass is 32.2. The second-order valence-electron chi connectivity index (χ2n) is 7.99. The summed E-state index contributed by atoms with van der Waals surface area (Å²) in [6.07, 6.45) is 8.98. The van der Waals surface area contributed by atoms with Crippen molar-refractivity contribution < 1.29 is 4.79 Å². The zero-order valence-electron chi connectivity index (χ0n) is 16.0. The number of rotatable bonds is 4. The summed E-state index contributed by atoms with van der Waals surface area (Å²) in [6, 6.07) is 12.3. The summed E-state index contributed by atoms with van der Waals surface area (Å²) in [6.45, 7) is 0.830. The second-order valence-corrected chi connectivity index (χ2v) is 9.21. The Bertz CT molecular complexity index is 925. The molecule has 4 heterocycles. The molecule has 0 bridgehead atoms. The van der Waals surface area contributed by atoms with Crippen LogP contribution in [0.3, 0.4) is 0 Å². The monoisotopic (exact) mass is 394 g/mol. The van der Waals surface area contributed by atoms with Crippen LogP contribution in [-0.4, -0.2) is 43.4 Å². The van der Waals surface area contributed by atoms with Crippen LogP contribution in [0.2, 0.25) is 0 Å². The Balaban J connectivity index is 1.40. The highest BCUT2D eigenvalue weighted by Crippen LogP contribution is 2.39. The Morgan fingerprint density at radius 1 is 1.18 bits per heavy atom. The number of thioether (sulfide) groups is 1. The Kier molecular flexibility index (Phi) is 4.67. The van der Waals surface area contributed by atoms with Crippen molar-refractivity contribution in [2.45, 2.75) is 43.7 Å². The van der Waals surface area contributed by atoms with Gasteiger partial charge in [0.1, 0.15) is 5.82 Å². The number of imidazole rings is 1. The molecule has 6 heteroatoms. The van der Waals surface area contributed by atoms with Gasteiger partial charge in [0.15, 0.2) is 0 Å². The van der Waals surface area contributed by atoms with Crippen molar-refractivity contribution in [1.29, 1.82) is 0 Å². The van der Waals surface area contributed by atoms with E-state index in [2.05, 4.69) is 39.0 Å². The van der Waals surface area contributed by atoms with E-state index in [1.807, 2.05) is 36.0 Å². The first kappa shape index (κ1) is 17.9. The number of nitrogens with one attached hydrogen (secondary N) is 1. The fourth-order valence-corrected chi connectivity index (χ4v) is 6.04. The third kappa shape index (κ3) is 3.13. The SMILES string of the molecule is O=C(CC1(n2cccc2)CCSCC1)N1CCC[C@@H]1c1nc2ccccc2[nH]1. The number of nitrogens with zero attached hydrogens (tertiary/aromatic N) is 3. The standard InChI is InChI=1S/C22H26N4OS/c27-20(16-22(9-14-28-15-10-22)25-11-3-4-12-25)26-13-5-8-19(26)21-23-17-6-1-2-7-18(17)24-21/h1-4,6-7,11-12,19H,5,8-10,13-16H2,(H,23,24)/t19-/m1/s1. The summed E-state index contributed by atoms with van der Waals surface area (Å²) < 4.78 is 2.29. The maximum absolute atomic E-state index is 13.5. The maximum atomic E-state index is 13.5. The minimum Gasteiger partial charge on any atom is -0.348 e. The van der Waals surface area contributed by atoms with E-state index in [9.17, 15) is 4.79 Å². The number of aromatic nitrogens is 3. The quantitative estimate of drug-likeness (QED) is 0.716. The van der Waals surface area contributed by atoms with E-state index in [1.165, 1.54) is 0 Å². The Labute approximate surface area is 169 Å². The van der Waals surface area contributed by atoms with E-state index in [1.54, 1.807) is 0 Å². The predicted molar refractivity (Wildman–Crippen MR) is 113 cm³/mol. The number of H-pyrrole nitrogens is 1. The van der Waals surface area contributed by atoms with Crippen molar-refractivity contribution in [3.8, 4) is 0 Å². The molecule has 5 nitrogen and oxygen atoms in total. The van der Waals surface area contributed by atoms with E-state index in [0.717, 1.165) is 60.6 Å². The number of carbonyl (C=O) groups excluding carboxylic acids is 1. The van der Waals surface area contributed by atoms with Crippen molar-refractivity contribution in [2.24, 2.45) is 0 Å². The van der Waals surface area contributed by atoms with E-state index < -0.39 is 0 Å². The molecule has 1 aromatic carbocycles. The second kappa shape index (κ2) is 7.32. The normalized spacial score (nSPS) is 22.0. The number of hydrogen-bond donors (Lipinski definition) is 1. The van der Waals surface area contributed by atoms with Crippen molar-refractivity contribution in [2.75, 3.05) is 18.1 Å². The fourth-order valence-electron chi connectivity index (χ4n) is 4.79. The van der Waals surface area contributed by atoms with Crippen molar-refractivity contribution in [3.05, 3.63) is 54.6 Å². The molecule has 0 spiro atoms. The van der Waals surface area contributed by atoms with Gasteiger partial charge in [0, 0.05) is 18.9 Å². The topological polar surface area (TPSA) is 53.9 Å². The third-order valence-corrected chi connectivity index (χ3v) is 7.34. The Morgan fingerprint density at radius 3 is 2.75 bits per heavy atom. The molecule has 146 valence electrons. The zero-order chi connectivity index (χ0) is 19.0. The summed E-state index contributed by atoms with van der Waals surface area (Å²) >= 11 is 2.00. The Hall–Kier alpha value is -2.21. The molecule has 28 heavy (non-hydrogen) atoms. The van der Waals surface area contributed by atoms with Gasteiger partial charge in [0.2, 0.25) is 5.91 Å². The molecule has 2 saturated heterocycles. The number of para-hydroxylation sites is 2. The summed E-state index contributed by atoms with van der Waals surface area (Å²) in [4.78, 5) is 23.8. The van der Waals surface area contributed by atoms with Gasteiger partial charge >= 0.3 is 0 Å². The van der Waals surface area contributed by atoms with Crippen LogP contribution in [-0.2, 0) is 10.3 Å². The average Bonchev–Trinajstić information content (AvgIpc) is 3.48. The number of likely N-dealkylation sites (tertiary alicyclic amines) is 1. The van der Waals surface area contributed by atoms with Crippen molar-refractivity contribution >= 4 is 28.7 Å². The molecule has 0 unspecified atom stereocenters. The van der Waals surface area contributed by atoms with Crippen LogP contribution in [0.15, 0.2) is 48.8 Å². The summed E-state index contributed by atoms with van der Waals surface area (Å²) in [7, 11) is 0. The molecule has 3 aromatic rings. The van der Waals surface area contributed by atoms with Crippen LogP contribution in [0.4, 0.5) is 0 Å². The summed E-state index contributed by atoms with van der Waals surface area (Å²) in [5, 5.41) is 0. The Morgan fingerprint density at radius 2 is 1.96 bits per heavy atom. The average molecular weight is 395 g/mol. The number of benzene rings is 1. The highest BCUT2D eigenvalue weighted by Gasteiger charge is 2.40. The predicted octanol–water partition coefficient (Wildman–Crippen LogP) is 4.34. The number of fused-ring (bicyclic) bond motifs is 1. The first-order chi connectivity index (χ1) is 13.8. The highest BCUT2D eigenvalue weighted by molar-refractivity contribution is 7.99. The molecule has 0 saturated carbocycles. The van der Waals surface area contributed by atoms with Gasteiger partial charge in [-0.1, -0.05) is 12.1 Å². The molecule has 2 aromatic heterocycles.